The van der Waals surface area contributed by atoms with E-state index in [1.807, 2.05) is 43.3 Å². The van der Waals surface area contributed by atoms with Gasteiger partial charge in [0.1, 0.15) is 11.2 Å². The van der Waals surface area contributed by atoms with Crippen LogP contribution in [0.3, 0.4) is 0 Å². The van der Waals surface area contributed by atoms with Crippen LogP contribution >= 0.6 is 0 Å². The molecule has 45 heavy (non-hydrogen) atoms. The summed E-state index contributed by atoms with van der Waals surface area (Å²) in [5.74, 6) is -0.616. The molecule has 3 rings (SSSR count). The lowest BCUT2D eigenvalue weighted by atomic mass is 9.72. The number of rotatable bonds is 22. The van der Waals surface area contributed by atoms with Crippen molar-refractivity contribution in [2.75, 3.05) is 6.61 Å². The van der Waals surface area contributed by atoms with Crippen LogP contribution in [-0.2, 0) is 14.9 Å². The zero-order chi connectivity index (χ0) is 32.3. The zero-order valence-corrected chi connectivity index (χ0v) is 28.0. The lowest BCUT2D eigenvalue weighted by molar-refractivity contribution is -0.141. The fourth-order valence-corrected chi connectivity index (χ4v) is 6.05. The number of hydrogen-bond acceptors (Lipinski definition) is 4. The second-order valence-electron chi connectivity index (χ2n) is 12.6. The smallest absolute Gasteiger partial charge is 0.338 e. The summed E-state index contributed by atoms with van der Waals surface area (Å²) >= 11 is 0. The summed E-state index contributed by atoms with van der Waals surface area (Å²) in [5, 5.41) is 10.4. The maximum absolute atomic E-state index is 13.1. The highest BCUT2D eigenvalue weighted by Crippen LogP contribution is 2.39. The molecule has 2 atom stereocenters. The number of carbonyl (C=O) groups is 2. The summed E-state index contributed by atoms with van der Waals surface area (Å²) in [7, 11) is 0. The van der Waals surface area contributed by atoms with E-state index in [1.54, 1.807) is 30.3 Å². The summed E-state index contributed by atoms with van der Waals surface area (Å²) < 4.78 is 11.7. The number of allylic oxidation sites excluding steroid dienone is 3. The van der Waals surface area contributed by atoms with Gasteiger partial charge in [-0.25, -0.2) is 4.79 Å². The van der Waals surface area contributed by atoms with Gasteiger partial charge in [0.15, 0.2) is 0 Å². The van der Waals surface area contributed by atoms with Crippen LogP contribution in [0.25, 0.3) is 5.57 Å². The number of ether oxygens (including phenoxy) is 2. The summed E-state index contributed by atoms with van der Waals surface area (Å²) in [6.07, 6.45) is 24.2. The van der Waals surface area contributed by atoms with Crippen molar-refractivity contribution in [1.82, 2.24) is 0 Å². The van der Waals surface area contributed by atoms with Crippen LogP contribution in [0.15, 0.2) is 66.8 Å². The Morgan fingerprint density at radius 1 is 0.800 bits per heavy atom. The highest BCUT2D eigenvalue weighted by molar-refractivity contribution is 5.97. The third-order valence-electron chi connectivity index (χ3n) is 8.93. The molecule has 2 unspecified atom stereocenters. The van der Waals surface area contributed by atoms with Crippen molar-refractivity contribution in [2.45, 2.75) is 135 Å². The molecule has 0 saturated heterocycles. The first-order chi connectivity index (χ1) is 21.9. The van der Waals surface area contributed by atoms with E-state index in [4.69, 9.17) is 9.47 Å². The van der Waals surface area contributed by atoms with Crippen molar-refractivity contribution in [2.24, 2.45) is 0 Å². The number of hydrogen-bond donors (Lipinski definition) is 1. The van der Waals surface area contributed by atoms with Crippen molar-refractivity contribution < 1.29 is 24.2 Å². The fraction of sp³-hybridized carbons (Fsp3) is 0.550. The van der Waals surface area contributed by atoms with Gasteiger partial charge in [0.2, 0.25) is 0 Å². The predicted molar refractivity (Wildman–Crippen MR) is 185 cm³/mol. The maximum atomic E-state index is 13.1. The fourth-order valence-electron chi connectivity index (χ4n) is 6.05. The minimum atomic E-state index is -1.34. The largest absolute Gasteiger partial charge is 0.494 e. The molecular weight excluding hydrogens is 560 g/mol. The van der Waals surface area contributed by atoms with Gasteiger partial charge in [-0.15, -0.1) is 0 Å². The average molecular weight is 617 g/mol. The third-order valence-corrected chi connectivity index (χ3v) is 8.93. The van der Waals surface area contributed by atoms with E-state index in [9.17, 15) is 14.7 Å². The van der Waals surface area contributed by atoms with Gasteiger partial charge in [-0.1, -0.05) is 146 Å². The van der Waals surface area contributed by atoms with Gasteiger partial charge < -0.3 is 14.6 Å². The van der Waals surface area contributed by atoms with E-state index < -0.39 is 17.4 Å². The molecule has 0 bridgehead atoms. The van der Waals surface area contributed by atoms with Gasteiger partial charge in [0, 0.05) is 0 Å². The normalized spacial score (nSPS) is 16.6. The first-order valence-electron chi connectivity index (χ1n) is 17.6. The number of carboxylic acids is 1. The Hall–Kier alpha value is -3.34. The van der Waals surface area contributed by atoms with Gasteiger partial charge in [-0.2, -0.15) is 0 Å². The molecule has 5 heteroatoms. The van der Waals surface area contributed by atoms with Gasteiger partial charge in [-0.05, 0) is 61.1 Å². The minimum absolute atomic E-state index is 0.226. The van der Waals surface area contributed by atoms with Crippen molar-refractivity contribution in [1.29, 1.82) is 0 Å². The molecule has 1 aliphatic rings. The van der Waals surface area contributed by atoms with Crippen LogP contribution < -0.4 is 4.74 Å². The van der Waals surface area contributed by atoms with E-state index in [1.165, 1.54) is 70.6 Å². The molecule has 5 nitrogen and oxygen atoms in total. The molecule has 0 radical (unpaired) electrons. The van der Waals surface area contributed by atoms with Crippen molar-refractivity contribution in [3.63, 3.8) is 0 Å². The third kappa shape index (κ3) is 11.5. The van der Waals surface area contributed by atoms with Crippen LogP contribution in [0, 0.1) is 0 Å². The molecule has 2 aromatic rings. The van der Waals surface area contributed by atoms with Crippen molar-refractivity contribution in [3.8, 4) is 5.75 Å². The molecule has 2 aromatic carbocycles. The van der Waals surface area contributed by atoms with E-state index in [2.05, 4.69) is 13.8 Å². The summed E-state index contributed by atoms with van der Waals surface area (Å²) in [4.78, 5) is 25.8. The van der Waals surface area contributed by atoms with E-state index in [-0.39, 0.29) is 12.5 Å². The number of aliphatic carboxylic acids is 1. The second-order valence-corrected chi connectivity index (χ2v) is 12.6. The van der Waals surface area contributed by atoms with Crippen molar-refractivity contribution in [3.05, 3.63) is 83.4 Å². The highest BCUT2D eigenvalue weighted by atomic mass is 16.5. The molecule has 0 aliphatic heterocycles. The van der Waals surface area contributed by atoms with E-state index >= 15 is 0 Å². The van der Waals surface area contributed by atoms with Crippen molar-refractivity contribution >= 4 is 17.5 Å². The quantitative estimate of drug-likeness (QED) is 0.105. The molecule has 0 heterocycles. The highest BCUT2D eigenvalue weighted by Gasteiger charge is 2.41. The number of unbranched alkanes of at least 4 members (excludes halogenated alkanes) is 12. The minimum Gasteiger partial charge on any atom is -0.494 e. The first-order valence-corrected chi connectivity index (χ1v) is 17.6. The van der Waals surface area contributed by atoms with Gasteiger partial charge >= 0.3 is 11.9 Å². The van der Waals surface area contributed by atoms with Crippen LogP contribution in [0.5, 0.6) is 5.75 Å². The standard InChI is InChI=1S/C40H56O5/c1-4-6-8-9-10-11-12-13-14-15-16-19-31-44-35-25-23-33(24-26-35)34-27-29-40(30-28-34,39(42)43)37-22-18-17-21-36(37)38(41)45-32(3)20-7-5-2/h17-18,21-29,32H,4-16,19-20,30-31H2,1-3H3,(H,42,43). The van der Waals surface area contributed by atoms with E-state index in [0.29, 0.717) is 11.1 Å². The molecule has 246 valence electrons. The van der Waals surface area contributed by atoms with Gasteiger partial charge in [0.05, 0.1) is 18.3 Å². The molecule has 0 fully saturated rings. The molecule has 0 spiro atoms. The Kier molecular flexibility index (Phi) is 16.0. The lowest BCUT2D eigenvalue weighted by Gasteiger charge is -2.30. The Morgan fingerprint density at radius 3 is 1.98 bits per heavy atom. The average Bonchev–Trinajstić information content (AvgIpc) is 3.06. The van der Waals surface area contributed by atoms with Gasteiger partial charge in [0.25, 0.3) is 0 Å². The number of carbonyl (C=O) groups excluding carboxylic acids is 1. The van der Waals surface area contributed by atoms with Crippen LogP contribution in [0.2, 0.25) is 0 Å². The Bertz CT molecular complexity index is 1230. The first kappa shape index (κ1) is 36.1. The van der Waals surface area contributed by atoms with Gasteiger partial charge in [-0.3, -0.25) is 4.79 Å². The Morgan fingerprint density at radius 2 is 1.40 bits per heavy atom. The molecule has 1 aliphatic carbocycles. The SMILES string of the molecule is CCCCCCCCCCCCCCOc1ccc(C2=CCC(C(=O)O)(c3ccccc3C(=O)OC(C)CCCC)C=C2)cc1. The molecule has 0 amide bonds. The van der Waals surface area contributed by atoms with Crippen LogP contribution in [0.4, 0.5) is 0 Å². The lowest BCUT2D eigenvalue weighted by Crippen LogP contribution is -2.36. The van der Waals surface area contributed by atoms with E-state index in [0.717, 1.165) is 49.2 Å². The molecule has 0 aromatic heterocycles. The monoisotopic (exact) mass is 616 g/mol. The summed E-state index contributed by atoms with van der Waals surface area (Å²) in [5.41, 5.74) is 1.37. The number of carboxylic acid groups (broad SMARTS) is 1. The Balaban J connectivity index is 1.48. The summed E-state index contributed by atoms with van der Waals surface area (Å²) in [6, 6.07) is 14.9. The number of benzene rings is 2. The summed E-state index contributed by atoms with van der Waals surface area (Å²) in [6.45, 7) is 6.97. The topological polar surface area (TPSA) is 72.8 Å². The molecule has 1 N–H and O–H groups in total. The second kappa shape index (κ2) is 19.9. The predicted octanol–water partition coefficient (Wildman–Crippen LogP) is 10.9. The molecular formula is C40H56O5. The molecule has 0 saturated carbocycles. The number of esters is 1. The zero-order valence-electron chi connectivity index (χ0n) is 28.0. The van der Waals surface area contributed by atoms with Crippen LogP contribution in [0.1, 0.15) is 145 Å². The van der Waals surface area contributed by atoms with Crippen LogP contribution in [-0.4, -0.2) is 29.8 Å². The Labute approximate surface area is 272 Å². The maximum Gasteiger partial charge on any atom is 0.338 e.